The predicted molar refractivity (Wildman–Crippen MR) is 108 cm³/mol. The number of nitrogens with one attached hydrogen (secondary N) is 1. The zero-order valence-electron chi connectivity index (χ0n) is 14.9. The van der Waals surface area contributed by atoms with Crippen molar-refractivity contribution in [3.05, 3.63) is 66.9 Å². The molecule has 0 aliphatic carbocycles. The largest absolute Gasteiger partial charge is 0.366 e. The Balaban J connectivity index is 1.66. The van der Waals surface area contributed by atoms with E-state index < -0.39 is 5.91 Å². The minimum absolute atomic E-state index is 0.148. The minimum atomic E-state index is -0.515. The van der Waals surface area contributed by atoms with Crippen LogP contribution < -0.4 is 11.1 Å². The molecule has 28 heavy (non-hydrogen) atoms. The maximum absolute atomic E-state index is 12.2. The highest BCUT2D eigenvalue weighted by Gasteiger charge is 2.15. The van der Waals surface area contributed by atoms with Crippen molar-refractivity contribution in [2.45, 2.75) is 11.7 Å². The molecular weight excluding hydrogens is 376 g/mol. The van der Waals surface area contributed by atoms with Crippen LogP contribution in [0.25, 0.3) is 11.5 Å². The number of thioether (sulfide) groups is 1. The first-order valence-corrected chi connectivity index (χ1v) is 9.35. The van der Waals surface area contributed by atoms with Crippen LogP contribution in [-0.2, 0) is 11.3 Å². The number of primary amides is 1. The highest BCUT2D eigenvalue weighted by molar-refractivity contribution is 7.99. The van der Waals surface area contributed by atoms with Crippen LogP contribution in [0, 0.1) is 0 Å². The molecule has 0 atom stereocenters. The van der Waals surface area contributed by atoms with Gasteiger partial charge in [0.05, 0.1) is 5.75 Å². The summed E-state index contributed by atoms with van der Waals surface area (Å²) < 4.78 is 1.86. The minimum Gasteiger partial charge on any atom is -0.366 e. The van der Waals surface area contributed by atoms with E-state index >= 15 is 0 Å². The van der Waals surface area contributed by atoms with Gasteiger partial charge in [0.1, 0.15) is 5.69 Å². The molecule has 0 aliphatic heterocycles. The summed E-state index contributed by atoms with van der Waals surface area (Å²) in [4.78, 5) is 27.6. The molecule has 0 unspecified atom stereocenters. The summed E-state index contributed by atoms with van der Waals surface area (Å²) in [7, 11) is 0. The third-order valence-electron chi connectivity index (χ3n) is 3.71. The topological polar surface area (TPSA) is 116 Å². The van der Waals surface area contributed by atoms with Crippen LogP contribution in [0.5, 0.6) is 0 Å². The lowest BCUT2D eigenvalue weighted by molar-refractivity contribution is -0.113. The predicted octanol–water partition coefficient (Wildman–Crippen LogP) is 2.36. The van der Waals surface area contributed by atoms with Crippen LogP contribution in [0.15, 0.2) is 66.5 Å². The van der Waals surface area contributed by atoms with E-state index in [1.807, 2.05) is 22.8 Å². The molecule has 8 nitrogen and oxygen atoms in total. The van der Waals surface area contributed by atoms with E-state index in [0.717, 1.165) is 0 Å². The number of nitrogens with zero attached hydrogens (tertiary/aromatic N) is 4. The number of hydrogen-bond acceptors (Lipinski definition) is 6. The van der Waals surface area contributed by atoms with E-state index in [9.17, 15) is 9.59 Å². The van der Waals surface area contributed by atoms with Gasteiger partial charge in [0.2, 0.25) is 11.8 Å². The number of allylic oxidation sites excluding steroid dienone is 1. The molecule has 1 aromatic carbocycles. The van der Waals surface area contributed by atoms with Crippen LogP contribution in [0.1, 0.15) is 10.4 Å². The van der Waals surface area contributed by atoms with Crippen LogP contribution in [0.3, 0.4) is 0 Å². The normalized spacial score (nSPS) is 10.4. The molecule has 3 N–H and O–H groups in total. The summed E-state index contributed by atoms with van der Waals surface area (Å²) in [6.45, 7) is 4.26. The Hall–Kier alpha value is -3.46. The summed E-state index contributed by atoms with van der Waals surface area (Å²) in [5.41, 5.74) is 6.86. The summed E-state index contributed by atoms with van der Waals surface area (Å²) in [5.74, 6) is 0.0447. The summed E-state index contributed by atoms with van der Waals surface area (Å²) in [5, 5.41) is 11.7. The number of rotatable bonds is 8. The van der Waals surface area contributed by atoms with E-state index in [2.05, 4.69) is 27.1 Å². The smallest absolute Gasteiger partial charge is 0.248 e. The molecule has 0 spiro atoms. The second-order valence-electron chi connectivity index (χ2n) is 5.70. The van der Waals surface area contributed by atoms with Crippen LogP contribution >= 0.6 is 11.8 Å². The van der Waals surface area contributed by atoms with Gasteiger partial charge in [-0.25, -0.2) is 0 Å². The van der Waals surface area contributed by atoms with Gasteiger partial charge in [-0.1, -0.05) is 23.9 Å². The molecule has 2 aromatic heterocycles. The van der Waals surface area contributed by atoms with Gasteiger partial charge in [-0.15, -0.1) is 16.8 Å². The Morgan fingerprint density at radius 2 is 1.96 bits per heavy atom. The maximum Gasteiger partial charge on any atom is 0.248 e. The lowest BCUT2D eigenvalue weighted by Gasteiger charge is -2.08. The monoisotopic (exact) mass is 394 g/mol. The van der Waals surface area contributed by atoms with Crippen molar-refractivity contribution >= 4 is 29.3 Å². The standard InChI is InChI=1S/C19H18N6O2S/c1-2-11-25-18(15-5-3-4-10-21-15)23-24-19(25)28-12-16(26)22-14-8-6-13(7-9-14)17(20)27/h2-10H,1,11-12H2,(H2,20,27)(H,22,26). The molecule has 3 rings (SSSR count). The zero-order chi connectivity index (χ0) is 19.9. The molecular formula is C19H18N6O2S. The molecule has 2 amide bonds. The highest BCUT2D eigenvalue weighted by atomic mass is 32.2. The summed E-state index contributed by atoms with van der Waals surface area (Å²) in [6.07, 6.45) is 3.42. The van der Waals surface area contributed by atoms with Crippen LogP contribution in [0.2, 0.25) is 0 Å². The van der Waals surface area contributed by atoms with Crippen LogP contribution in [0.4, 0.5) is 5.69 Å². The number of carbonyl (C=O) groups is 2. The van der Waals surface area contributed by atoms with E-state index in [-0.39, 0.29) is 11.7 Å². The first-order chi connectivity index (χ1) is 13.6. The first kappa shape index (κ1) is 19.3. The van der Waals surface area contributed by atoms with Gasteiger partial charge in [0, 0.05) is 24.0 Å². The highest BCUT2D eigenvalue weighted by Crippen LogP contribution is 2.23. The molecule has 0 bridgehead atoms. The molecule has 0 saturated heterocycles. The second-order valence-corrected chi connectivity index (χ2v) is 6.64. The second kappa shape index (κ2) is 8.96. The molecule has 0 fully saturated rings. The van der Waals surface area contributed by atoms with Crippen molar-refractivity contribution in [3.63, 3.8) is 0 Å². The van der Waals surface area contributed by atoms with Crippen molar-refractivity contribution < 1.29 is 9.59 Å². The Morgan fingerprint density at radius 1 is 1.18 bits per heavy atom. The van der Waals surface area contributed by atoms with Gasteiger partial charge >= 0.3 is 0 Å². The Bertz CT molecular complexity index is 985. The number of aromatic nitrogens is 4. The van der Waals surface area contributed by atoms with Crippen molar-refractivity contribution in [1.82, 2.24) is 19.7 Å². The number of carbonyl (C=O) groups excluding carboxylic acids is 2. The van der Waals surface area contributed by atoms with Gasteiger partial charge in [-0.05, 0) is 36.4 Å². The third kappa shape index (κ3) is 4.63. The molecule has 2 heterocycles. The van der Waals surface area contributed by atoms with Crippen molar-refractivity contribution in [2.75, 3.05) is 11.1 Å². The van der Waals surface area contributed by atoms with Gasteiger partial charge in [0.25, 0.3) is 0 Å². The quantitative estimate of drug-likeness (QED) is 0.448. The summed E-state index contributed by atoms with van der Waals surface area (Å²) >= 11 is 1.27. The fraction of sp³-hybridized carbons (Fsp3) is 0.105. The van der Waals surface area contributed by atoms with E-state index in [1.165, 1.54) is 11.8 Å². The molecule has 0 saturated carbocycles. The SMILES string of the molecule is C=CCn1c(SCC(=O)Nc2ccc(C(N)=O)cc2)nnc1-c1ccccn1. The zero-order valence-corrected chi connectivity index (χ0v) is 15.7. The maximum atomic E-state index is 12.2. The van der Waals surface area contributed by atoms with Crippen LogP contribution in [-0.4, -0.2) is 37.3 Å². The fourth-order valence-electron chi connectivity index (χ4n) is 2.42. The van der Waals surface area contributed by atoms with Gasteiger partial charge in [0.15, 0.2) is 11.0 Å². The average Bonchev–Trinajstić information content (AvgIpc) is 3.10. The van der Waals surface area contributed by atoms with E-state index in [4.69, 9.17) is 5.73 Å². The van der Waals surface area contributed by atoms with Gasteiger partial charge in [-0.2, -0.15) is 0 Å². The number of benzene rings is 1. The average molecular weight is 394 g/mol. The van der Waals surface area contributed by atoms with Gasteiger partial charge < -0.3 is 11.1 Å². The third-order valence-corrected chi connectivity index (χ3v) is 4.67. The lowest BCUT2D eigenvalue weighted by Crippen LogP contribution is -2.15. The Labute approximate surface area is 165 Å². The molecule has 0 radical (unpaired) electrons. The number of pyridine rings is 1. The number of nitrogens with two attached hydrogens (primary N) is 1. The fourth-order valence-corrected chi connectivity index (χ4v) is 3.17. The molecule has 142 valence electrons. The lowest BCUT2D eigenvalue weighted by atomic mass is 10.2. The first-order valence-electron chi connectivity index (χ1n) is 8.36. The molecule has 9 heteroatoms. The number of amides is 2. The van der Waals surface area contributed by atoms with Crippen molar-refractivity contribution in [3.8, 4) is 11.5 Å². The molecule has 0 aliphatic rings. The van der Waals surface area contributed by atoms with E-state index in [0.29, 0.717) is 34.5 Å². The number of anilines is 1. The van der Waals surface area contributed by atoms with Crippen molar-refractivity contribution in [2.24, 2.45) is 5.73 Å². The number of hydrogen-bond donors (Lipinski definition) is 2. The summed E-state index contributed by atoms with van der Waals surface area (Å²) in [6, 6.07) is 11.9. The molecule has 3 aromatic rings. The van der Waals surface area contributed by atoms with Crippen molar-refractivity contribution in [1.29, 1.82) is 0 Å². The van der Waals surface area contributed by atoms with Gasteiger partial charge in [-0.3, -0.25) is 19.1 Å². The Morgan fingerprint density at radius 3 is 2.61 bits per heavy atom. The van der Waals surface area contributed by atoms with E-state index in [1.54, 1.807) is 36.5 Å². The Kier molecular flexibility index (Phi) is 6.18.